The lowest BCUT2D eigenvalue weighted by Crippen LogP contribution is -2.63. The van der Waals surface area contributed by atoms with Crippen molar-refractivity contribution in [1.29, 1.82) is 0 Å². The predicted molar refractivity (Wildman–Crippen MR) is 154 cm³/mol. The zero-order valence-electron chi connectivity index (χ0n) is 24.1. The number of benzene rings is 3. The maximum absolute atomic E-state index is 13.6. The van der Waals surface area contributed by atoms with E-state index >= 15 is 0 Å². The normalized spacial score (nSPS) is 17.1. The van der Waals surface area contributed by atoms with Crippen LogP contribution in [0.25, 0.3) is 11.1 Å². The fourth-order valence-electron chi connectivity index (χ4n) is 5.21. The molecule has 0 aromatic heterocycles. The maximum atomic E-state index is 13.6. The molecule has 1 unspecified atom stereocenters. The summed E-state index contributed by atoms with van der Waals surface area (Å²) >= 11 is 0. The third kappa shape index (κ3) is 6.01. The van der Waals surface area contributed by atoms with E-state index in [0.29, 0.717) is 30.2 Å². The minimum atomic E-state index is -0.545. The Hall–Kier alpha value is -4.20. The third-order valence-electron chi connectivity index (χ3n) is 7.61. The lowest BCUT2D eigenvalue weighted by Gasteiger charge is -2.42. The summed E-state index contributed by atoms with van der Waals surface area (Å²) in [5, 5.41) is 0. The number of carbonyl (C=O) groups excluding carboxylic acids is 2. The molecule has 1 saturated heterocycles. The average molecular weight is 547 g/mol. The van der Waals surface area contributed by atoms with E-state index in [2.05, 4.69) is 0 Å². The number of aryl methyl sites for hydroxylation is 1. The van der Waals surface area contributed by atoms with Crippen LogP contribution in [0, 0.1) is 0 Å². The number of nitrogens with zero attached hydrogens (tertiary/aromatic N) is 2. The van der Waals surface area contributed by atoms with E-state index in [-0.39, 0.29) is 11.8 Å². The highest BCUT2D eigenvalue weighted by Crippen LogP contribution is 2.41. The van der Waals surface area contributed by atoms with Gasteiger partial charge in [0.15, 0.2) is 11.5 Å². The highest BCUT2D eigenvalue weighted by atomic mass is 16.5. The number of ether oxygens (including phenoxy) is 4. The van der Waals surface area contributed by atoms with Gasteiger partial charge >= 0.3 is 0 Å². The molecular weight excluding hydrogens is 508 g/mol. The summed E-state index contributed by atoms with van der Waals surface area (Å²) in [6.07, 6.45) is 2.03. The van der Waals surface area contributed by atoms with Gasteiger partial charge in [0.05, 0.1) is 28.4 Å². The third-order valence-corrected chi connectivity index (χ3v) is 7.61. The molecule has 0 radical (unpaired) electrons. The monoisotopic (exact) mass is 546 g/mol. The second-order valence-corrected chi connectivity index (χ2v) is 9.94. The van der Waals surface area contributed by atoms with Crippen molar-refractivity contribution in [2.45, 2.75) is 38.3 Å². The first-order valence-corrected chi connectivity index (χ1v) is 13.4. The summed E-state index contributed by atoms with van der Waals surface area (Å²) in [4.78, 5) is 30.0. The van der Waals surface area contributed by atoms with Crippen LogP contribution >= 0.6 is 0 Å². The zero-order valence-corrected chi connectivity index (χ0v) is 24.1. The molecule has 1 fully saturated rings. The molecule has 2 atom stereocenters. The van der Waals surface area contributed by atoms with Crippen LogP contribution < -0.4 is 18.9 Å². The van der Waals surface area contributed by atoms with Gasteiger partial charge in [0, 0.05) is 20.0 Å². The molecule has 0 saturated carbocycles. The SMILES string of the molecule is COc1ccc(CCCN2C(=O)C(Cc3ccc(-c4cc(OC)c(OC)c(OC)c4)cc3)N(C)C(=O)[C@@H]2C)cc1. The molecule has 3 aromatic carbocycles. The number of hydrogen-bond acceptors (Lipinski definition) is 6. The first-order chi connectivity index (χ1) is 19.3. The van der Waals surface area contributed by atoms with Gasteiger partial charge in [-0.1, -0.05) is 36.4 Å². The van der Waals surface area contributed by atoms with Crippen LogP contribution in [-0.4, -0.2) is 75.7 Å². The second kappa shape index (κ2) is 12.8. The largest absolute Gasteiger partial charge is 0.497 e. The van der Waals surface area contributed by atoms with Gasteiger partial charge in [-0.15, -0.1) is 0 Å². The number of methoxy groups -OCH3 is 4. The minimum Gasteiger partial charge on any atom is -0.497 e. The number of carbonyl (C=O) groups is 2. The summed E-state index contributed by atoms with van der Waals surface area (Å²) in [6.45, 7) is 2.34. The Bertz CT molecular complexity index is 1300. The second-order valence-electron chi connectivity index (χ2n) is 9.94. The van der Waals surface area contributed by atoms with Gasteiger partial charge in [-0.2, -0.15) is 0 Å². The van der Waals surface area contributed by atoms with E-state index < -0.39 is 12.1 Å². The van der Waals surface area contributed by atoms with Crippen LogP contribution in [0.15, 0.2) is 60.7 Å². The average Bonchev–Trinajstić information content (AvgIpc) is 2.99. The first-order valence-electron chi connectivity index (χ1n) is 13.4. The van der Waals surface area contributed by atoms with Crippen molar-refractivity contribution < 1.29 is 28.5 Å². The van der Waals surface area contributed by atoms with Crippen LogP contribution in [-0.2, 0) is 22.4 Å². The topological polar surface area (TPSA) is 77.5 Å². The number of rotatable bonds is 11. The molecule has 0 bridgehead atoms. The smallest absolute Gasteiger partial charge is 0.246 e. The van der Waals surface area contributed by atoms with Crippen LogP contribution in [0.1, 0.15) is 24.5 Å². The number of amides is 2. The van der Waals surface area contributed by atoms with Crippen LogP contribution in [0.5, 0.6) is 23.0 Å². The van der Waals surface area contributed by atoms with Crippen LogP contribution in [0.4, 0.5) is 0 Å². The Morgan fingerprint density at radius 2 is 1.32 bits per heavy atom. The van der Waals surface area contributed by atoms with Crippen molar-refractivity contribution in [2.75, 3.05) is 42.0 Å². The summed E-state index contributed by atoms with van der Waals surface area (Å²) in [5.41, 5.74) is 4.03. The molecule has 1 aliphatic rings. The molecule has 40 heavy (non-hydrogen) atoms. The lowest BCUT2D eigenvalue weighted by atomic mass is 9.96. The minimum absolute atomic E-state index is 0.0157. The molecular formula is C32H38N2O6. The Kier molecular flexibility index (Phi) is 9.19. The maximum Gasteiger partial charge on any atom is 0.246 e. The number of likely N-dealkylation sites (N-methyl/N-ethyl adjacent to an activating group) is 1. The van der Waals surface area contributed by atoms with Gasteiger partial charge in [0.1, 0.15) is 17.8 Å². The van der Waals surface area contributed by atoms with Crippen LogP contribution in [0.2, 0.25) is 0 Å². The van der Waals surface area contributed by atoms with Crippen molar-refractivity contribution in [2.24, 2.45) is 0 Å². The van der Waals surface area contributed by atoms with Crippen molar-refractivity contribution in [3.63, 3.8) is 0 Å². The highest BCUT2D eigenvalue weighted by molar-refractivity contribution is 5.96. The Balaban J connectivity index is 1.46. The summed E-state index contributed by atoms with van der Waals surface area (Å²) < 4.78 is 21.6. The molecule has 1 aliphatic heterocycles. The number of piperazine rings is 1. The van der Waals surface area contributed by atoms with E-state index in [1.165, 1.54) is 5.56 Å². The number of hydrogen-bond donors (Lipinski definition) is 0. The Labute approximate surface area is 236 Å². The molecule has 0 spiro atoms. The molecule has 0 N–H and O–H groups in total. The van der Waals surface area contributed by atoms with Crippen LogP contribution in [0.3, 0.4) is 0 Å². The fourth-order valence-corrected chi connectivity index (χ4v) is 5.21. The first kappa shape index (κ1) is 28.8. The summed E-state index contributed by atoms with van der Waals surface area (Å²) in [6, 6.07) is 18.7. The van der Waals surface area contributed by atoms with E-state index in [0.717, 1.165) is 35.3 Å². The van der Waals surface area contributed by atoms with Crippen molar-refractivity contribution in [3.05, 3.63) is 71.8 Å². The van der Waals surface area contributed by atoms with Gasteiger partial charge in [-0.3, -0.25) is 9.59 Å². The van der Waals surface area contributed by atoms with E-state index in [4.69, 9.17) is 18.9 Å². The van der Waals surface area contributed by atoms with E-state index in [9.17, 15) is 9.59 Å². The Morgan fingerprint density at radius 1 is 0.725 bits per heavy atom. The molecule has 3 aromatic rings. The molecule has 0 aliphatic carbocycles. The van der Waals surface area contributed by atoms with Gasteiger partial charge in [0.25, 0.3) is 0 Å². The summed E-state index contributed by atoms with van der Waals surface area (Å²) in [5.74, 6) is 2.46. The summed E-state index contributed by atoms with van der Waals surface area (Å²) in [7, 11) is 8.12. The van der Waals surface area contributed by atoms with Gasteiger partial charge in [0.2, 0.25) is 17.6 Å². The molecule has 1 heterocycles. The van der Waals surface area contributed by atoms with E-state index in [1.807, 2.05) is 67.6 Å². The molecule has 212 valence electrons. The fraction of sp³-hybridized carbons (Fsp3) is 0.375. The molecule has 8 nitrogen and oxygen atoms in total. The standard InChI is InChI=1S/C32H38N2O6/c1-21-31(35)33(2)27(32(36)34(21)17-7-8-22-11-15-26(37-3)16-12-22)18-23-9-13-24(14-10-23)25-19-28(38-4)30(40-6)29(20-25)39-5/h9-16,19-21,27H,7-8,17-18H2,1-6H3/t21-,27?/m0/s1. The Morgan fingerprint density at radius 3 is 1.88 bits per heavy atom. The zero-order chi connectivity index (χ0) is 28.8. The molecule has 2 amide bonds. The molecule has 8 heteroatoms. The quantitative estimate of drug-likeness (QED) is 0.349. The van der Waals surface area contributed by atoms with Gasteiger partial charge in [-0.05, 0) is 66.3 Å². The van der Waals surface area contributed by atoms with Gasteiger partial charge in [-0.25, -0.2) is 0 Å². The van der Waals surface area contributed by atoms with Gasteiger partial charge < -0.3 is 28.7 Å². The van der Waals surface area contributed by atoms with Crippen molar-refractivity contribution >= 4 is 11.8 Å². The molecule has 4 rings (SSSR count). The highest BCUT2D eigenvalue weighted by Gasteiger charge is 2.41. The lowest BCUT2D eigenvalue weighted by molar-refractivity contribution is -0.159. The van der Waals surface area contributed by atoms with E-state index in [1.54, 1.807) is 45.3 Å². The van der Waals surface area contributed by atoms with Crippen molar-refractivity contribution in [1.82, 2.24) is 9.80 Å². The predicted octanol–water partition coefficient (Wildman–Crippen LogP) is 4.62. The van der Waals surface area contributed by atoms with Crippen molar-refractivity contribution in [3.8, 4) is 34.1 Å².